The first-order valence-corrected chi connectivity index (χ1v) is 11.9. The van der Waals surface area contributed by atoms with E-state index in [-0.39, 0.29) is 11.8 Å². The van der Waals surface area contributed by atoms with Gasteiger partial charge in [-0.05, 0) is 74.1 Å². The molecule has 0 aromatic heterocycles. The molecule has 1 N–H and O–H groups in total. The number of halogens is 1. The summed E-state index contributed by atoms with van der Waals surface area (Å²) in [6.45, 7) is 3.39. The molecule has 1 aliphatic heterocycles. The van der Waals surface area contributed by atoms with Crippen LogP contribution in [0.4, 0.5) is 5.69 Å². The molecule has 33 heavy (non-hydrogen) atoms. The molecule has 0 unspecified atom stereocenters. The van der Waals surface area contributed by atoms with Crippen LogP contribution in [0.5, 0.6) is 0 Å². The summed E-state index contributed by atoms with van der Waals surface area (Å²) >= 11 is 6.34. The van der Waals surface area contributed by atoms with Crippen molar-refractivity contribution in [3.63, 3.8) is 0 Å². The second-order valence-electron chi connectivity index (χ2n) is 8.94. The summed E-state index contributed by atoms with van der Waals surface area (Å²) in [6, 6.07) is 12.4. The maximum atomic E-state index is 12.9. The van der Waals surface area contributed by atoms with E-state index >= 15 is 0 Å². The SMILES string of the molecule is Cc1cc(Cl)cc(C=C2CCN(C(=O)C3CCCC3)CC2)c1NC(=O)c1cccc(C#N)c1. The van der Waals surface area contributed by atoms with E-state index in [9.17, 15) is 9.59 Å². The van der Waals surface area contributed by atoms with Crippen LogP contribution >= 0.6 is 11.6 Å². The molecule has 0 bridgehead atoms. The van der Waals surface area contributed by atoms with Crippen LogP contribution in [0.15, 0.2) is 42.0 Å². The molecule has 2 amide bonds. The third kappa shape index (κ3) is 5.46. The number of amides is 2. The monoisotopic (exact) mass is 461 g/mol. The van der Waals surface area contributed by atoms with E-state index in [2.05, 4.69) is 17.5 Å². The fraction of sp³-hybridized carbons (Fsp3) is 0.370. The fourth-order valence-electron chi connectivity index (χ4n) is 4.78. The normalized spacial score (nSPS) is 16.4. The van der Waals surface area contributed by atoms with E-state index in [1.54, 1.807) is 24.3 Å². The lowest BCUT2D eigenvalue weighted by Crippen LogP contribution is -2.39. The number of carbonyl (C=O) groups is 2. The highest BCUT2D eigenvalue weighted by atomic mass is 35.5. The molecule has 2 fully saturated rings. The largest absolute Gasteiger partial charge is 0.342 e. The summed E-state index contributed by atoms with van der Waals surface area (Å²) in [4.78, 5) is 27.6. The molecule has 1 aliphatic carbocycles. The van der Waals surface area contributed by atoms with Crippen LogP contribution in [-0.2, 0) is 4.79 Å². The minimum atomic E-state index is -0.269. The molecular formula is C27H28ClN3O2. The molecule has 5 nitrogen and oxygen atoms in total. The summed E-state index contributed by atoms with van der Waals surface area (Å²) in [5.74, 6) is 0.263. The van der Waals surface area contributed by atoms with Crippen molar-refractivity contribution in [1.82, 2.24) is 4.90 Å². The number of nitrogens with zero attached hydrogens (tertiary/aromatic N) is 2. The lowest BCUT2D eigenvalue weighted by Gasteiger charge is -2.30. The molecule has 2 aromatic carbocycles. The molecule has 2 aliphatic rings. The Morgan fingerprint density at radius 1 is 1.15 bits per heavy atom. The molecular weight excluding hydrogens is 434 g/mol. The third-order valence-corrected chi connectivity index (χ3v) is 6.82. The first-order chi connectivity index (χ1) is 15.9. The highest BCUT2D eigenvalue weighted by molar-refractivity contribution is 6.31. The summed E-state index contributed by atoms with van der Waals surface area (Å²) in [5, 5.41) is 12.7. The van der Waals surface area contributed by atoms with E-state index in [0.717, 1.165) is 49.9 Å². The van der Waals surface area contributed by atoms with E-state index in [1.807, 2.05) is 24.0 Å². The minimum absolute atomic E-state index is 0.215. The van der Waals surface area contributed by atoms with Gasteiger partial charge in [0.15, 0.2) is 0 Å². The maximum Gasteiger partial charge on any atom is 0.255 e. The first-order valence-electron chi connectivity index (χ1n) is 11.5. The Bertz CT molecular complexity index is 1130. The highest BCUT2D eigenvalue weighted by Gasteiger charge is 2.28. The van der Waals surface area contributed by atoms with Crippen LogP contribution in [0.1, 0.15) is 65.6 Å². The first kappa shape index (κ1) is 23.1. The minimum Gasteiger partial charge on any atom is -0.342 e. The molecule has 2 aromatic rings. The van der Waals surface area contributed by atoms with Crippen molar-refractivity contribution in [3.05, 3.63) is 69.2 Å². The summed E-state index contributed by atoms with van der Waals surface area (Å²) in [7, 11) is 0. The molecule has 1 saturated carbocycles. The lowest BCUT2D eigenvalue weighted by molar-refractivity contribution is -0.135. The topological polar surface area (TPSA) is 73.2 Å². The van der Waals surface area contributed by atoms with Crippen LogP contribution in [0, 0.1) is 24.2 Å². The quantitative estimate of drug-likeness (QED) is 0.609. The Labute approximate surface area is 200 Å². The van der Waals surface area contributed by atoms with E-state index in [1.165, 1.54) is 18.4 Å². The van der Waals surface area contributed by atoms with Crippen molar-refractivity contribution in [2.45, 2.75) is 45.4 Å². The number of aryl methyl sites for hydroxylation is 1. The number of likely N-dealkylation sites (tertiary alicyclic amines) is 1. The fourth-order valence-corrected chi connectivity index (χ4v) is 5.06. The van der Waals surface area contributed by atoms with Gasteiger partial charge >= 0.3 is 0 Å². The number of carbonyl (C=O) groups excluding carboxylic acids is 2. The molecule has 1 saturated heterocycles. The standard InChI is InChI=1S/C27H28ClN3O2/c1-18-13-24(28)16-23(25(18)30-26(32)22-8-4-5-20(15-22)17-29)14-19-9-11-31(12-10-19)27(33)21-6-2-3-7-21/h4-5,8,13-16,21H,2-3,6-7,9-12H2,1H3,(H,30,32). The Hall–Kier alpha value is -3.10. The average Bonchev–Trinajstić information content (AvgIpc) is 3.36. The van der Waals surface area contributed by atoms with Gasteiger partial charge in [-0.15, -0.1) is 0 Å². The van der Waals surface area contributed by atoms with Gasteiger partial charge in [0.1, 0.15) is 0 Å². The van der Waals surface area contributed by atoms with E-state index < -0.39 is 0 Å². The van der Waals surface area contributed by atoms with Gasteiger partial charge in [0.2, 0.25) is 5.91 Å². The predicted octanol–water partition coefficient (Wildman–Crippen LogP) is 5.97. The van der Waals surface area contributed by atoms with E-state index in [4.69, 9.17) is 16.9 Å². The van der Waals surface area contributed by atoms with Gasteiger partial charge in [-0.2, -0.15) is 5.26 Å². The highest BCUT2D eigenvalue weighted by Crippen LogP contribution is 2.32. The van der Waals surface area contributed by atoms with Gasteiger partial charge in [0.25, 0.3) is 5.91 Å². The van der Waals surface area contributed by atoms with Crippen LogP contribution in [0.25, 0.3) is 6.08 Å². The van der Waals surface area contributed by atoms with Gasteiger partial charge in [0.05, 0.1) is 17.3 Å². The Balaban J connectivity index is 1.51. The van der Waals surface area contributed by atoms with E-state index in [0.29, 0.717) is 27.7 Å². The number of anilines is 1. The predicted molar refractivity (Wildman–Crippen MR) is 131 cm³/mol. The molecule has 1 heterocycles. The number of hydrogen-bond donors (Lipinski definition) is 1. The van der Waals surface area contributed by atoms with Gasteiger partial charge in [-0.3, -0.25) is 9.59 Å². The number of nitriles is 1. The third-order valence-electron chi connectivity index (χ3n) is 6.60. The number of piperidine rings is 1. The zero-order valence-electron chi connectivity index (χ0n) is 18.9. The van der Waals surface area contributed by atoms with Gasteiger partial charge < -0.3 is 10.2 Å². The molecule has 6 heteroatoms. The Morgan fingerprint density at radius 3 is 2.58 bits per heavy atom. The zero-order chi connectivity index (χ0) is 23.4. The van der Waals surface area contributed by atoms with Crippen molar-refractivity contribution >= 4 is 35.2 Å². The van der Waals surface area contributed by atoms with Gasteiger partial charge in [-0.1, -0.05) is 42.2 Å². The van der Waals surface area contributed by atoms with Crippen LogP contribution < -0.4 is 5.32 Å². The Kier molecular flexibility index (Phi) is 7.15. The van der Waals surface area contributed by atoms with Crippen molar-refractivity contribution in [2.24, 2.45) is 5.92 Å². The summed E-state index contributed by atoms with van der Waals surface area (Å²) in [5.41, 5.74) is 4.55. The number of benzene rings is 2. The molecule has 170 valence electrons. The molecule has 0 atom stereocenters. The zero-order valence-corrected chi connectivity index (χ0v) is 19.6. The second kappa shape index (κ2) is 10.2. The van der Waals surface area contributed by atoms with Crippen LogP contribution in [0.3, 0.4) is 0 Å². The molecule has 0 radical (unpaired) electrons. The van der Waals surface area contributed by atoms with Crippen molar-refractivity contribution in [3.8, 4) is 6.07 Å². The maximum absolute atomic E-state index is 12.9. The summed E-state index contributed by atoms with van der Waals surface area (Å²) < 4.78 is 0. The second-order valence-corrected chi connectivity index (χ2v) is 9.38. The van der Waals surface area contributed by atoms with Crippen LogP contribution in [0.2, 0.25) is 5.02 Å². The number of nitrogens with one attached hydrogen (secondary N) is 1. The number of rotatable bonds is 4. The summed E-state index contributed by atoms with van der Waals surface area (Å²) in [6.07, 6.45) is 8.12. The van der Waals surface area contributed by atoms with Crippen molar-refractivity contribution < 1.29 is 9.59 Å². The van der Waals surface area contributed by atoms with Crippen molar-refractivity contribution in [1.29, 1.82) is 5.26 Å². The Morgan fingerprint density at radius 2 is 1.88 bits per heavy atom. The van der Waals surface area contributed by atoms with Gasteiger partial charge in [0, 0.05) is 29.6 Å². The number of hydrogen-bond acceptors (Lipinski definition) is 3. The van der Waals surface area contributed by atoms with Gasteiger partial charge in [-0.25, -0.2) is 0 Å². The lowest BCUT2D eigenvalue weighted by atomic mass is 9.97. The smallest absolute Gasteiger partial charge is 0.255 e. The average molecular weight is 462 g/mol. The van der Waals surface area contributed by atoms with Crippen LogP contribution in [-0.4, -0.2) is 29.8 Å². The molecule has 4 rings (SSSR count). The van der Waals surface area contributed by atoms with Crippen molar-refractivity contribution in [2.75, 3.05) is 18.4 Å². The molecule has 0 spiro atoms.